The molecule has 0 spiro atoms. The van der Waals surface area contributed by atoms with E-state index in [0.29, 0.717) is 18.4 Å². The van der Waals surface area contributed by atoms with Crippen LogP contribution < -0.4 is 10.6 Å². The van der Waals surface area contributed by atoms with Crippen LogP contribution in [-0.4, -0.2) is 21.7 Å². The van der Waals surface area contributed by atoms with Crippen LogP contribution in [0.1, 0.15) is 64.1 Å². The van der Waals surface area contributed by atoms with Gasteiger partial charge in [-0.2, -0.15) is 5.10 Å². The normalized spacial score (nSPS) is 20.0. The Morgan fingerprint density at radius 2 is 2.07 bits per heavy atom. The molecule has 2 atom stereocenters. The summed E-state index contributed by atoms with van der Waals surface area (Å²) in [6.07, 6.45) is 4.02. The molecule has 1 fully saturated rings. The number of nitrogens with one attached hydrogen (secondary N) is 2. The predicted octanol–water partition coefficient (Wildman–Crippen LogP) is 5.69. The molecule has 29 heavy (non-hydrogen) atoms. The first-order valence-corrected chi connectivity index (χ1v) is 10.8. The van der Waals surface area contributed by atoms with Gasteiger partial charge in [0.2, 0.25) is 5.91 Å². The van der Waals surface area contributed by atoms with Crippen molar-refractivity contribution in [3.05, 3.63) is 42.1 Å². The number of carbonyl (C=O) groups excluding carboxylic acids is 1. The Morgan fingerprint density at radius 3 is 2.83 bits per heavy atom. The molecular formula is C24H28N4O. The van der Waals surface area contributed by atoms with Crippen LogP contribution in [0.2, 0.25) is 0 Å². The van der Waals surface area contributed by atoms with Gasteiger partial charge in [0.1, 0.15) is 0 Å². The number of nitrogens with zero attached hydrogens (tertiary/aromatic N) is 2. The molecule has 2 aliphatic rings. The van der Waals surface area contributed by atoms with E-state index in [-0.39, 0.29) is 11.9 Å². The zero-order valence-corrected chi connectivity index (χ0v) is 17.3. The van der Waals surface area contributed by atoms with Crippen molar-refractivity contribution in [2.75, 3.05) is 10.6 Å². The van der Waals surface area contributed by atoms with Crippen LogP contribution in [0.4, 0.5) is 11.4 Å². The SMILES string of the molecule is CC[C@@H](C)n1nc(C2CC2)c2cc(-c3cccc4c3N[C@H](C)CC(=O)N4)ccc21. The second kappa shape index (κ2) is 6.90. The Hall–Kier alpha value is -2.82. The van der Waals surface area contributed by atoms with Crippen LogP contribution in [0.25, 0.3) is 22.0 Å². The first kappa shape index (κ1) is 18.2. The number of hydrogen-bond donors (Lipinski definition) is 2. The molecule has 0 saturated heterocycles. The Kier molecular flexibility index (Phi) is 4.34. The van der Waals surface area contributed by atoms with E-state index in [4.69, 9.17) is 5.10 Å². The lowest BCUT2D eigenvalue weighted by molar-refractivity contribution is -0.116. The summed E-state index contributed by atoms with van der Waals surface area (Å²) in [5.41, 5.74) is 6.62. The van der Waals surface area contributed by atoms with Crippen molar-refractivity contribution in [1.82, 2.24) is 9.78 Å². The molecule has 1 aromatic heterocycles. The van der Waals surface area contributed by atoms with E-state index in [1.54, 1.807) is 0 Å². The Bertz CT molecular complexity index is 1100. The van der Waals surface area contributed by atoms with Crippen LogP contribution in [-0.2, 0) is 4.79 Å². The molecule has 1 aliphatic carbocycles. The second-order valence-corrected chi connectivity index (χ2v) is 8.62. The fraction of sp³-hybridized carbons (Fsp3) is 0.417. The van der Waals surface area contributed by atoms with Crippen molar-refractivity contribution in [2.45, 2.75) is 64.5 Å². The minimum Gasteiger partial charge on any atom is -0.380 e. The van der Waals surface area contributed by atoms with E-state index in [1.165, 1.54) is 29.4 Å². The Balaban J connectivity index is 1.66. The van der Waals surface area contributed by atoms with Gasteiger partial charge in [0.25, 0.3) is 0 Å². The van der Waals surface area contributed by atoms with Crippen molar-refractivity contribution < 1.29 is 4.79 Å². The summed E-state index contributed by atoms with van der Waals surface area (Å²) in [7, 11) is 0. The molecule has 2 aromatic carbocycles. The van der Waals surface area contributed by atoms with Crippen LogP contribution in [0.5, 0.6) is 0 Å². The third-order valence-electron chi connectivity index (χ3n) is 6.24. The summed E-state index contributed by atoms with van der Waals surface area (Å²) in [4.78, 5) is 12.1. The van der Waals surface area contributed by atoms with Crippen molar-refractivity contribution in [3.8, 4) is 11.1 Å². The summed E-state index contributed by atoms with van der Waals surface area (Å²) < 4.78 is 2.21. The number of carbonyl (C=O) groups is 1. The molecule has 2 N–H and O–H groups in total. The lowest BCUT2D eigenvalue weighted by Crippen LogP contribution is -2.19. The highest BCUT2D eigenvalue weighted by atomic mass is 16.1. The maximum absolute atomic E-state index is 12.1. The number of fused-ring (bicyclic) bond motifs is 2. The topological polar surface area (TPSA) is 59.0 Å². The van der Waals surface area contributed by atoms with Gasteiger partial charge in [0.15, 0.2) is 0 Å². The van der Waals surface area contributed by atoms with Gasteiger partial charge in [0, 0.05) is 35.4 Å². The Morgan fingerprint density at radius 1 is 1.24 bits per heavy atom. The average Bonchev–Trinajstić information content (AvgIpc) is 3.50. The maximum atomic E-state index is 12.1. The largest absolute Gasteiger partial charge is 0.380 e. The number of para-hydroxylation sites is 1. The van der Waals surface area contributed by atoms with Crippen LogP contribution in [0.3, 0.4) is 0 Å². The van der Waals surface area contributed by atoms with E-state index in [0.717, 1.165) is 28.9 Å². The minimum absolute atomic E-state index is 0.0576. The summed E-state index contributed by atoms with van der Waals surface area (Å²) in [5, 5.41) is 12.9. The zero-order chi connectivity index (χ0) is 20.1. The van der Waals surface area contributed by atoms with Gasteiger partial charge in [-0.25, -0.2) is 0 Å². The molecule has 5 heteroatoms. The average molecular weight is 389 g/mol. The van der Waals surface area contributed by atoms with Crippen molar-refractivity contribution in [3.63, 3.8) is 0 Å². The standard InChI is InChI=1S/C24H28N4O/c1-4-15(3)28-21-11-10-17(13-19(21)23(27-28)16-8-9-16)18-6-5-7-20-24(18)25-14(2)12-22(29)26-20/h5-7,10-11,13-16,25H,4,8-9,12H2,1-3H3,(H,26,29)/t14-,15-/m1/s1. The fourth-order valence-electron chi connectivity index (χ4n) is 4.33. The van der Waals surface area contributed by atoms with Crippen molar-refractivity contribution in [2.24, 2.45) is 0 Å². The maximum Gasteiger partial charge on any atom is 0.226 e. The number of amides is 1. The fourth-order valence-corrected chi connectivity index (χ4v) is 4.33. The van der Waals surface area contributed by atoms with Gasteiger partial charge in [-0.15, -0.1) is 0 Å². The predicted molar refractivity (Wildman–Crippen MR) is 118 cm³/mol. The summed E-state index contributed by atoms with van der Waals surface area (Å²) in [6, 6.07) is 13.3. The Labute approximate surface area is 171 Å². The first-order chi connectivity index (χ1) is 14.0. The van der Waals surface area contributed by atoms with Gasteiger partial charge >= 0.3 is 0 Å². The highest BCUT2D eigenvalue weighted by Crippen LogP contribution is 2.44. The number of aromatic nitrogens is 2. The number of rotatable bonds is 4. The van der Waals surface area contributed by atoms with Gasteiger partial charge in [-0.1, -0.05) is 25.1 Å². The number of hydrogen-bond acceptors (Lipinski definition) is 3. The number of anilines is 2. The van der Waals surface area contributed by atoms with Gasteiger partial charge in [-0.3, -0.25) is 9.48 Å². The van der Waals surface area contributed by atoms with Crippen molar-refractivity contribution in [1.29, 1.82) is 0 Å². The summed E-state index contributed by atoms with van der Waals surface area (Å²) in [5.74, 6) is 0.658. The molecule has 5 nitrogen and oxygen atoms in total. The first-order valence-electron chi connectivity index (χ1n) is 10.8. The highest BCUT2D eigenvalue weighted by Gasteiger charge is 2.30. The lowest BCUT2D eigenvalue weighted by Gasteiger charge is -2.17. The monoisotopic (exact) mass is 388 g/mol. The second-order valence-electron chi connectivity index (χ2n) is 8.62. The van der Waals surface area contributed by atoms with Crippen LogP contribution in [0, 0.1) is 0 Å². The third kappa shape index (κ3) is 3.18. The molecular weight excluding hydrogens is 360 g/mol. The van der Waals surface area contributed by atoms with Gasteiger partial charge < -0.3 is 10.6 Å². The molecule has 5 rings (SSSR count). The van der Waals surface area contributed by atoms with E-state index in [9.17, 15) is 4.79 Å². The molecule has 0 radical (unpaired) electrons. The quantitative estimate of drug-likeness (QED) is 0.603. The van der Waals surface area contributed by atoms with E-state index >= 15 is 0 Å². The molecule has 3 aromatic rings. The van der Waals surface area contributed by atoms with Crippen LogP contribution in [0.15, 0.2) is 36.4 Å². The molecule has 1 aliphatic heterocycles. The van der Waals surface area contributed by atoms with Gasteiger partial charge in [-0.05, 0) is 56.9 Å². The molecule has 1 saturated carbocycles. The summed E-state index contributed by atoms with van der Waals surface area (Å²) in [6.45, 7) is 6.50. The van der Waals surface area contributed by atoms with Crippen molar-refractivity contribution >= 4 is 28.2 Å². The molecule has 1 amide bonds. The molecule has 2 heterocycles. The van der Waals surface area contributed by atoms with Gasteiger partial charge in [0.05, 0.1) is 22.6 Å². The highest BCUT2D eigenvalue weighted by molar-refractivity contribution is 6.01. The van der Waals surface area contributed by atoms with E-state index in [1.807, 2.05) is 12.1 Å². The molecule has 0 bridgehead atoms. The lowest BCUT2D eigenvalue weighted by atomic mass is 9.99. The van der Waals surface area contributed by atoms with E-state index < -0.39 is 0 Å². The van der Waals surface area contributed by atoms with E-state index in [2.05, 4.69) is 60.4 Å². The minimum atomic E-state index is 0.0576. The number of benzene rings is 2. The molecule has 0 unspecified atom stereocenters. The van der Waals surface area contributed by atoms with Crippen LogP contribution >= 0.6 is 0 Å². The third-order valence-corrected chi connectivity index (χ3v) is 6.24. The zero-order valence-electron chi connectivity index (χ0n) is 17.3. The smallest absolute Gasteiger partial charge is 0.226 e. The summed E-state index contributed by atoms with van der Waals surface area (Å²) >= 11 is 0. The molecule has 150 valence electrons.